The van der Waals surface area contributed by atoms with Crippen molar-refractivity contribution in [3.63, 3.8) is 0 Å². The second-order valence-electron chi connectivity index (χ2n) is 8.21. The number of nitrogens with one attached hydrogen (secondary N) is 1. The Morgan fingerprint density at radius 1 is 1.17 bits per heavy atom. The summed E-state index contributed by atoms with van der Waals surface area (Å²) < 4.78 is 6.92. The van der Waals surface area contributed by atoms with Crippen LogP contribution >= 0.6 is 0 Å². The Morgan fingerprint density at radius 3 is 2.50 bits per heavy atom. The fourth-order valence-electron chi connectivity index (χ4n) is 3.06. The van der Waals surface area contributed by atoms with Gasteiger partial charge < -0.3 is 14.6 Å². The van der Waals surface area contributed by atoms with Crippen LogP contribution in [0.3, 0.4) is 0 Å². The van der Waals surface area contributed by atoms with E-state index in [1.165, 1.54) is 11.2 Å². The number of aromatic nitrogens is 2. The zero-order chi connectivity index (χ0) is 21.9. The molecule has 1 aromatic carbocycles. The predicted molar refractivity (Wildman–Crippen MR) is 116 cm³/mol. The quantitative estimate of drug-likeness (QED) is 0.664. The summed E-state index contributed by atoms with van der Waals surface area (Å²) in [5.41, 5.74) is 2.61. The van der Waals surface area contributed by atoms with E-state index in [1.807, 2.05) is 44.2 Å². The molecule has 0 saturated heterocycles. The monoisotopic (exact) mass is 408 g/mol. The highest BCUT2D eigenvalue weighted by atomic mass is 16.3. The summed E-state index contributed by atoms with van der Waals surface area (Å²) >= 11 is 0. The number of furan rings is 1. The first-order valence-electron chi connectivity index (χ1n) is 10.00. The molecule has 0 atom stereocenters. The Labute approximate surface area is 176 Å². The summed E-state index contributed by atoms with van der Waals surface area (Å²) in [6, 6.07) is 13.0. The Bertz CT molecular complexity index is 1030. The van der Waals surface area contributed by atoms with E-state index in [2.05, 4.69) is 26.1 Å². The number of anilines is 1. The van der Waals surface area contributed by atoms with Gasteiger partial charge in [-0.1, -0.05) is 39.0 Å². The summed E-state index contributed by atoms with van der Waals surface area (Å²) in [5, 5.41) is 7.68. The topological polar surface area (TPSA) is 80.4 Å². The molecule has 30 heavy (non-hydrogen) atoms. The Morgan fingerprint density at radius 2 is 1.90 bits per heavy atom. The van der Waals surface area contributed by atoms with Crippen LogP contribution in [0.1, 0.15) is 49.5 Å². The van der Waals surface area contributed by atoms with Gasteiger partial charge in [0.15, 0.2) is 5.76 Å². The van der Waals surface area contributed by atoms with Crippen molar-refractivity contribution in [2.45, 2.75) is 40.0 Å². The number of likely N-dealkylation sites (N-methyl/N-ethyl adjacent to an activating group) is 1. The van der Waals surface area contributed by atoms with Gasteiger partial charge in [0.05, 0.1) is 17.6 Å². The number of hydrogen-bond donors (Lipinski definition) is 1. The van der Waals surface area contributed by atoms with Crippen LogP contribution in [0, 0.1) is 6.92 Å². The first-order valence-corrected chi connectivity index (χ1v) is 10.00. The molecule has 2 amide bonds. The molecule has 1 N–H and O–H groups in total. The SMILES string of the molecule is CCN(CC(=O)Nc1cc(C(C)(C)C)nn1-c1ccccc1C)C(=O)c1ccco1. The minimum Gasteiger partial charge on any atom is -0.459 e. The van der Waals surface area contributed by atoms with Crippen LogP contribution in [0.15, 0.2) is 53.1 Å². The average Bonchev–Trinajstić information content (AvgIpc) is 3.36. The minimum absolute atomic E-state index is 0.0835. The smallest absolute Gasteiger partial charge is 0.290 e. The van der Waals surface area contributed by atoms with Crippen molar-refractivity contribution in [1.82, 2.24) is 14.7 Å². The van der Waals surface area contributed by atoms with Crippen molar-refractivity contribution in [1.29, 1.82) is 0 Å². The van der Waals surface area contributed by atoms with Crippen LogP contribution in [-0.2, 0) is 10.2 Å². The van der Waals surface area contributed by atoms with Crippen LogP contribution < -0.4 is 5.32 Å². The second-order valence-corrected chi connectivity index (χ2v) is 8.21. The molecular weight excluding hydrogens is 380 g/mol. The lowest BCUT2D eigenvalue weighted by Crippen LogP contribution is -2.38. The van der Waals surface area contributed by atoms with E-state index < -0.39 is 0 Å². The van der Waals surface area contributed by atoms with Crippen molar-refractivity contribution in [2.75, 3.05) is 18.4 Å². The molecule has 2 heterocycles. The summed E-state index contributed by atoms with van der Waals surface area (Å²) in [7, 11) is 0. The van der Waals surface area contributed by atoms with E-state index in [1.54, 1.807) is 16.8 Å². The van der Waals surface area contributed by atoms with Crippen molar-refractivity contribution < 1.29 is 14.0 Å². The van der Waals surface area contributed by atoms with E-state index >= 15 is 0 Å². The lowest BCUT2D eigenvalue weighted by atomic mass is 9.92. The Hall–Kier alpha value is -3.35. The van der Waals surface area contributed by atoms with Crippen LogP contribution in [0.5, 0.6) is 0 Å². The molecule has 0 spiro atoms. The van der Waals surface area contributed by atoms with Crippen molar-refractivity contribution >= 4 is 17.6 Å². The molecule has 0 radical (unpaired) electrons. The highest BCUT2D eigenvalue weighted by Gasteiger charge is 2.24. The summed E-state index contributed by atoms with van der Waals surface area (Å²) in [6.07, 6.45) is 1.44. The fraction of sp³-hybridized carbons (Fsp3) is 0.348. The lowest BCUT2D eigenvalue weighted by Gasteiger charge is -2.19. The van der Waals surface area contributed by atoms with E-state index in [0.29, 0.717) is 12.4 Å². The van der Waals surface area contributed by atoms with E-state index in [4.69, 9.17) is 9.52 Å². The molecule has 0 aliphatic rings. The Balaban J connectivity index is 1.86. The number of amides is 2. The van der Waals surface area contributed by atoms with E-state index in [-0.39, 0.29) is 29.5 Å². The number of hydrogen-bond acceptors (Lipinski definition) is 4. The molecule has 2 aromatic heterocycles. The zero-order valence-corrected chi connectivity index (χ0v) is 18.1. The van der Waals surface area contributed by atoms with Gasteiger partial charge in [-0.2, -0.15) is 5.10 Å². The van der Waals surface area contributed by atoms with Gasteiger partial charge in [0, 0.05) is 18.0 Å². The maximum Gasteiger partial charge on any atom is 0.290 e. The molecule has 7 nitrogen and oxygen atoms in total. The third kappa shape index (κ3) is 4.62. The summed E-state index contributed by atoms with van der Waals surface area (Å²) in [6.45, 7) is 10.3. The van der Waals surface area contributed by atoms with Gasteiger partial charge >= 0.3 is 0 Å². The van der Waals surface area contributed by atoms with Gasteiger partial charge in [-0.15, -0.1) is 0 Å². The predicted octanol–water partition coefficient (Wildman–Crippen LogP) is 4.17. The number of carbonyl (C=O) groups excluding carboxylic acids is 2. The molecule has 0 aliphatic carbocycles. The number of rotatable bonds is 6. The van der Waals surface area contributed by atoms with Crippen molar-refractivity contribution in [3.8, 4) is 5.69 Å². The standard InChI is InChI=1S/C23H28N4O3/c1-6-26(22(29)18-12-9-13-30-18)15-21(28)24-20-14-19(23(3,4)5)25-27(20)17-11-8-7-10-16(17)2/h7-14H,6,15H2,1-5H3,(H,24,28). The Kier molecular flexibility index (Phi) is 6.10. The van der Waals surface area contributed by atoms with Gasteiger partial charge in [-0.25, -0.2) is 4.68 Å². The van der Waals surface area contributed by atoms with E-state index in [9.17, 15) is 9.59 Å². The first kappa shape index (κ1) is 21.4. The average molecular weight is 409 g/mol. The van der Waals surface area contributed by atoms with E-state index in [0.717, 1.165) is 16.9 Å². The van der Waals surface area contributed by atoms with Crippen LogP contribution in [0.4, 0.5) is 5.82 Å². The molecule has 0 unspecified atom stereocenters. The highest BCUT2D eigenvalue weighted by Crippen LogP contribution is 2.27. The first-order chi connectivity index (χ1) is 14.2. The number of nitrogens with zero attached hydrogens (tertiary/aromatic N) is 3. The number of benzene rings is 1. The van der Waals surface area contributed by atoms with Crippen LogP contribution in [0.25, 0.3) is 5.69 Å². The maximum absolute atomic E-state index is 12.8. The largest absolute Gasteiger partial charge is 0.459 e. The van der Waals surface area contributed by atoms with Gasteiger partial charge in [0.1, 0.15) is 12.4 Å². The lowest BCUT2D eigenvalue weighted by molar-refractivity contribution is -0.116. The number of carbonyl (C=O) groups is 2. The fourth-order valence-corrected chi connectivity index (χ4v) is 3.06. The summed E-state index contributed by atoms with van der Waals surface area (Å²) in [5.74, 6) is 0.165. The minimum atomic E-state index is -0.319. The third-order valence-corrected chi connectivity index (χ3v) is 4.82. The van der Waals surface area contributed by atoms with Gasteiger partial charge in [0.2, 0.25) is 5.91 Å². The van der Waals surface area contributed by atoms with Crippen LogP contribution in [0.2, 0.25) is 0 Å². The third-order valence-electron chi connectivity index (χ3n) is 4.82. The van der Waals surface area contributed by atoms with Gasteiger partial charge in [0.25, 0.3) is 5.91 Å². The zero-order valence-electron chi connectivity index (χ0n) is 18.1. The molecule has 158 valence electrons. The molecule has 3 aromatic rings. The van der Waals surface area contributed by atoms with Gasteiger partial charge in [-0.3, -0.25) is 9.59 Å². The molecule has 0 bridgehead atoms. The number of aryl methyl sites for hydroxylation is 1. The van der Waals surface area contributed by atoms with Gasteiger partial charge in [-0.05, 0) is 37.6 Å². The normalized spacial score (nSPS) is 11.4. The molecule has 0 fully saturated rings. The van der Waals surface area contributed by atoms with Crippen molar-refractivity contribution in [3.05, 3.63) is 65.7 Å². The molecular formula is C23H28N4O3. The molecule has 3 rings (SSSR count). The maximum atomic E-state index is 12.8. The van der Waals surface area contributed by atoms with Crippen molar-refractivity contribution in [2.24, 2.45) is 0 Å². The summed E-state index contributed by atoms with van der Waals surface area (Å²) in [4.78, 5) is 26.8. The molecule has 0 aliphatic heterocycles. The highest BCUT2D eigenvalue weighted by molar-refractivity contribution is 5.97. The van der Waals surface area contributed by atoms with Crippen LogP contribution in [-0.4, -0.2) is 39.6 Å². The molecule has 0 saturated carbocycles. The number of para-hydroxylation sites is 1. The molecule has 7 heteroatoms. The second kappa shape index (κ2) is 8.57.